The van der Waals surface area contributed by atoms with E-state index in [0.717, 1.165) is 17.4 Å². The Hall–Kier alpha value is -1.60. The molecule has 1 N–H and O–H groups in total. The van der Waals surface area contributed by atoms with Crippen LogP contribution < -0.4 is 9.62 Å². The van der Waals surface area contributed by atoms with Crippen LogP contribution in [0.1, 0.15) is 18.1 Å². The molecule has 0 aromatic heterocycles. The molecule has 0 aliphatic rings. The fourth-order valence-corrected chi connectivity index (χ4v) is 3.39. The van der Waals surface area contributed by atoms with Crippen LogP contribution in [0.15, 0.2) is 18.2 Å². The van der Waals surface area contributed by atoms with Crippen molar-refractivity contribution in [3.63, 3.8) is 0 Å². The molecule has 0 saturated carbocycles. The highest BCUT2D eigenvalue weighted by Crippen LogP contribution is 2.23. The number of likely N-dealkylation sites (N-methyl/N-ethyl adjacent to an activating group) is 1. The lowest BCUT2D eigenvalue weighted by atomic mass is 10.1. The van der Waals surface area contributed by atoms with Crippen LogP contribution in [0.4, 0.5) is 5.69 Å². The highest BCUT2D eigenvalue weighted by atomic mass is 32.2. The number of benzene rings is 1. The summed E-state index contributed by atoms with van der Waals surface area (Å²) < 4.78 is 25.6. The fourth-order valence-electron chi connectivity index (χ4n) is 2.22. The second-order valence-corrected chi connectivity index (χ2v) is 7.96. The molecular formula is C16H27N3O3S. The zero-order valence-corrected chi connectivity index (χ0v) is 15.6. The van der Waals surface area contributed by atoms with Gasteiger partial charge in [-0.2, -0.15) is 0 Å². The van der Waals surface area contributed by atoms with Gasteiger partial charge in [0.2, 0.25) is 15.9 Å². The minimum absolute atomic E-state index is 0.310. The Morgan fingerprint density at radius 2 is 1.83 bits per heavy atom. The van der Waals surface area contributed by atoms with Gasteiger partial charge >= 0.3 is 0 Å². The first-order valence-electron chi connectivity index (χ1n) is 7.53. The second kappa shape index (κ2) is 7.79. The van der Waals surface area contributed by atoms with E-state index in [0.29, 0.717) is 18.8 Å². The van der Waals surface area contributed by atoms with Crippen molar-refractivity contribution in [1.82, 2.24) is 10.2 Å². The van der Waals surface area contributed by atoms with Crippen molar-refractivity contribution in [3.8, 4) is 0 Å². The SMILES string of the molecule is Cc1ccc(N([C@H](C)C(=O)NCCN(C)C)S(C)(=O)=O)cc1C. The zero-order valence-electron chi connectivity index (χ0n) is 14.8. The topological polar surface area (TPSA) is 69.7 Å². The molecule has 0 aliphatic carbocycles. The molecule has 0 heterocycles. The van der Waals surface area contributed by atoms with Gasteiger partial charge < -0.3 is 10.2 Å². The van der Waals surface area contributed by atoms with E-state index in [2.05, 4.69) is 5.32 Å². The van der Waals surface area contributed by atoms with Gasteiger partial charge in [-0.25, -0.2) is 8.42 Å². The van der Waals surface area contributed by atoms with E-state index in [1.165, 1.54) is 4.31 Å². The Labute approximate surface area is 139 Å². The van der Waals surface area contributed by atoms with Crippen molar-refractivity contribution in [2.45, 2.75) is 26.8 Å². The molecule has 130 valence electrons. The molecule has 0 aliphatic heterocycles. The summed E-state index contributed by atoms with van der Waals surface area (Å²) in [5, 5.41) is 2.78. The smallest absolute Gasteiger partial charge is 0.243 e. The van der Waals surface area contributed by atoms with Crippen molar-refractivity contribution in [2.75, 3.05) is 37.7 Å². The van der Waals surface area contributed by atoms with E-state index in [1.807, 2.05) is 38.9 Å². The normalized spacial score (nSPS) is 13.0. The third-order valence-corrected chi connectivity index (χ3v) is 4.93. The Balaban J connectivity index is 3.02. The van der Waals surface area contributed by atoms with Crippen molar-refractivity contribution >= 4 is 21.6 Å². The number of hydrogen-bond acceptors (Lipinski definition) is 4. The van der Waals surface area contributed by atoms with Gasteiger partial charge in [-0.05, 0) is 58.1 Å². The van der Waals surface area contributed by atoms with Crippen LogP contribution >= 0.6 is 0 Å². The molecule has 0 bridgehead atoms. The molecule has 6 nitrogen and oxygen atoms in total. The minimum Gasteiger partial charge on any atom is -0.353 e. The predicted octanol–water partition coefficient (Wildman–Crippen LogP) is 1.14. The van der Waals surface area contributed by atoms with Gasteiger partial charge in [0.15, 0.2) is 0 Å². The maximum atomic E-state index is 12.3. The number of anilines is 1. The average Bonchev–Trinajstić information content (AvgIpc) is 2.40. The molecule has 1 aromatic carbocycles. The highest BCUT2D eigenvalue weighted by Gasteiger charge is 2.29. The third-order valence-electron chi connectivity index (χ3n) is 3.69. The molecule has 0 saturated heterocycles. The van der Waals surface area contributed by atoms with Gasteiger partial charge in [-0.1, -0.05) is 6.07 Å². The van der Waals surface area contributed by atoms with Crippen LogP contribution in [0.5, 0.6) is 0 Å². The first-order chi connectivity index (χ1) is 10.5. The zero-order chi connectivity index (χ0) is 17.8. The molecule has 1 rings (SSSR count). The molecule has 0 unspecified atom stereocenters. The first kappa shape index (κ1) is 19.4. The van der Waals surface area contributed by atoms with Crippen LogP contribution in [-0.4, -0.2) is 58.7 Å². The van der Waals surface area contributed by atoms with E-state index in [1.54, 1.807) is 19.1 Å². The predicted molar refractivity (Wildman–Crippen MR) is 94.3 cm³/mol. The molecule has 1 amide bonds. The lowest BCUT2D eigenvalue weighted by Crippen LogP contribution is -2.48. The molecule has 0 fully saturated rings. The van der Waals surface area contributed by atoms with E-state index < -0.39 is 16.1 Å². The summed E-state index contributed by atoms with van der Waals surface area (Å²) >= 11 is 0. The number of aryl methyl sites for hydroxylation is 2. The number of amides is 1. The summed E-state index contributed by atoms with van der Waals surface area (Å²) in [4.78, 5) is 14.2. The molecule has 0 radical (unpaired) electrons. The summed E-state index contributed by atoms with van der Waals surface area (Å²) in [5.41, 5.74) is 2.56. The third kappa shape index (κ3) is 5.51. The Bertz CT molecular complexity index is 657. The van der Waals surface area contributed by atoms with E-state index in [-0.39, 0.29) is 5.91 Å². The maximum absolute atomic E-state index is 12.3. The second-order valence-electron chi connectivity index (χ2n) is 6.10. The number of rotatable bonds is 7. The number of sulfonamides is 1. The lowest BCUT2D eigenvalue weighted by molar-refractivity contribution is -0.121. The van der Waals surface area contributed by atoms with Gasteiger partial charge in [0.05, 0.1) is 11.9 Å². The van der Waals surface area contributed by atoms with Gasteiger partial charge in [-0.15, -0.1) is 0 Å². The van der Waals surface area contributed by atoms with Gasteiger partial charge in [0, 0.05) is 13.1 Å². The average molecular weight is 341 g/mol. The summed E-state index contributed by atoms with van der Waals surface area (Å²) in [6.07, 6.45) is 1.12. The number of carbonyl (C=O) groups is 1. The monoisotopic (exact) mass is 341 g/mol. The van der Waals surface area contributed by atoms with Crippen LogP contribution in [0.3, 0.4) is 0 Å². The Morgan fingerprint density at radius 1 is 1.22 bits per heavy atom. The molecule has 7 heteroatoms. The summed E-state index contributed by atoms with van der Waals surface area (Å²) in [7, 11) is 0.249. The summed E-state index contributed by atoms with van der Waals surface area (Å²) in [6, 6.07) is 4.57. The van der Waals surface area contributed by atoms with Gasteiger partial charge in [-0.3, -0.25) is 9.10 Å². The van der Waals surface area contributed by atoms with Crippen molar-refractivity contribution in [1.29, 1.82) is 0 Å². The molecule has 23 heavy (non-hydrogen) atoms. The van der Waals surface area contributed by atoms with Gasteiger partial charge in [0.25, 0.3) is 0 Å². The molecule has 1 atom stereocenters. The van der Waals surface area contributed by atoms with Crippen LogP contribution in [0.25, 0.3) is 0 Å². The van der Waals surface area contributed by atoms with Gasteiger partial charge in [0.1, 0.15) is 6.04 Å². The molecular weight excluding hydrogens is 314 g/mol. The lowest BCUT2D eigenvalue weighted by Gasteiger charge is -2.29. The van der Waals surface area contributed by atoms with Crippen LogP contribution in [0, 0.1) is 13.8 Å². The van der Waals surface area contributed by atoms with Crippen molar-refractivity contribution in [3.05, 3.63) is 29.3 Å². The molecule has 0 spiro atoms. The quantitative estimate of drug-likeness (QED) is 0.807. The van der Waals surface area contributed by atoms with E-state index >= 15 is 0 Å². The van der Waals surface area contributed by atoms with E-state index in [9.17, 15) is 13.2 Å². The Morgan fingerprint density at radius 3 is 2.30 bits per heavy atom. The molecule has 1 aromatic rings. The van der Waals surface area contributed by atoms with Crippen LogP contribution in [0.2, 0.25) is 0 Å². The number of carbonyl (C=O) groups excluding carboxylic acids is 1. The summed E-state index contributed by atoms with van der Waals surface area (Å²) in [5.74, 6) is -0.310. The van der Waals surface area contributed by atoms with Crippen molar-refractivity contribution in [2.24, 2.45) is 0 Å². The number of hydrogen-bond donors (Lipinski definition) is 1. The van der Waals surface area contributed by atoms with Crippen molar-refractivity contribution < 1.29 is 13.2 Å². The first-order valence-corrected chi connectivity index (χ1v) is 9.38. The largest absolute Gasteiger partial charge is 0.353 e. The van der Waals surface area contributed by atoms with Crippen LogP contribution in [-0.2, 0) is 14.8 Å². The number of nitrogens with zero attached hydrogens (tertiary/aromatic N) is 2. The highest BCUT2D eigenvalue weighted by molar-refractivity contribution is 7.92. The fraction of sp³-hybridized carbons (Fsp3) is 0.562. The Kier molecular flexibility index (Phi) is 6.58. The summed E-state index contributed by atoms with van der Waals surface area (Å²) in [6.45, 7) is 6.64. The standard InChI is InChI=1S/C16H27N3O3S/c1-12-7-8-15(11-13(12)2)19(23(6,21)22)14(3)16(20)17-9-10-18(4)5/h7-8,11,14H,9-10H2,1-6H3,(H,17,20)/t14-/m1/s1. The maximum Gasteiger partial charge on any atom is 0.243 e. The van der Waals surface area contributed by atoms with E-state index in [4.69, 9.17) is 0 Å². The minimum atomic E-state index is -3.57. The number of nitrogens with one attached hydrogen (secondary N) is 1.